The predicted octanol–water partition coefficient (Wildman–Crippen LogP) is 0.963. The van der Waals surface area contributed by atoms with Crippen LogP contribution in [0.5, 0.6) is 0 Å². The van der Waals surface area contributed by atoms with Gasteiger partial charge in [-0.05, 0) is 43.6 Å². The van der Waals surface area contributed by atoms with Crippen molar-refractivity contribution in [1.82, 2.24) is 4.90 Å². The molecule has 1 aliphatic rings. The fourth-order valence-electron chi connectivity index (χ4n) is 2.07. The number of benzene rings is 1. The van der Waals surface area contributed by atoms with E-state index in [0.717, 1.165) is 25.2 Å². The van der Waals surface area contributed by atoms with Crippen LogP contribution in [0.1, 0.15) is 28.8 Å². The van der Waals surface area contributed by atoms with Gasteiger partial charge in [-0.15, -0.1) is 0 Å². The molecule has 86 valence electrons. The Morgan fingerprint density at radius 2 is 2.00 bits per heavy atom. The Kier molecular flexibility index (Phi) is 3.10. The smallest absolute Gasteiger partial charge is 0.248 e. The third-order valence-corrected chi connectivity index (χ3v) is 3.02. The van der Waals surface area contributed by atoms with Crippen LogP contribution in [0.3, 0.4) is 0 Å². The van der Waals surface area contributed by atoms with Gasteiger partial charge in [-0.1, -0.05) is 6.07 Å². The quantitative estimate of drug-likeness (QED) is 0.744. The molecule has 0 radical (unpaired) electrons. The topological polar surface area (TPSA) is 72.4 Å². The number of nitrogen functional groups attached to an aromatic ring is 1. The number of hydrogen-bond acceptors (Lipinski definition) is 3. The van der Waals surface area contributed by atoms with Crippen LogP contribution in [0, 0.1) is 0 Å². The summed E-state index contributed by atoms with van der Waals surface area (Å²) in [7, 11) is 0. The van der Waals surface area contributed by atoms with E-state index in [4.69, 9.17) is 11.5 Å². The van der Waals surface area contributed by atoms with Crippen LogP contribution in [0.2, 0.25) is 0 Å². The normalized spacial score (nSPS) is 16.5. The first-order valence-electron chi connectivity index (χ1n) is 5.57. The van der Waals surface area contributed by atoms with Gasteiger partial charge in [-0.3, -0.25) is 9.69 Å². The highest BCUT2D eigenvalue weighted by molar-refractivity contribution is 5.93. The molecule has 0 saturated carbocycles. The van der Waals surface area contributed by atoms with Gasteiger partial charge in [0.1, 0.15) is 0 Å². The van der Waals surface area contributed by atoms with Crippen LogP contribution >= 0.6 is 0 Å². The summed E-state index contributed by atoms with van der Waals surface area (Å²) < 4.78 is 0. The molecule has 0 bridgehead atoms. The van der Waals surface area contributed by atoms with Gasteiger partial charge in [0.25, 0.3) is 0 Å². The molecule has 4 heteroatoms. The van der Waals surface area contributed by atoms with E-state index in [9.17, 15) is 4.79 Å². The molecular weight excluding hydrogens is 202 g/mol. The number of anilines is 1. The standard InChI is InChI=1S/C12H17N3O/c13-11-7-9(12(14)16)3-4-10(11)8-15-5-1-2-6-15/h3-4,7H,1-2,5-6,8,13H2,(H2,14,16). The van der Waals surface area contributed by atoms with E-state index >= 15 is 0 Å². The van der Waals surface area contributed by atoms with Crippen molar-refractivity contribution in [3.05, 3.63) is 29.3 Å². The zero-order valence-corrected chi connectivity index (χ0v) is 9.28. The molecule has 16 heavy (non-hydrogen) atoms. The number of carbonyl (C=O) groups excluding carboxylic acids is 1. The molecule has 1 aliphatic heterocycles. The number of nitrogens with two attached hydrogens (primary N) is 2. The van der Waals surface area contributed by atoms with Gasteiger partial charge in [-0.25, -0.2) is 0 Å². The van der Waals surface area contributed by atoms with Crippen LogP contribution in [0.25, 0.3) is 0 Å². The minimum Gasteiger partial charge on any atom is -0.398 e. The highest BCUT2D eigenvalue weighted by Crippen LogP contribution is 2.18. The molecule has 0 aliphatic carbocycles. The molecule has 0 unspecified atom stereocenters. The molecule has 4 N–H and O–H groups in total. The van der Waals surface area contributed by atoms with E-state index in [1.54, 1.807) is 12.1 Å². The largest absolute Gasteiger partial charge is 0.398 e. The molecule has 0 aromatic heterocycles. The summed E-state index contributed by atoms with van der Waals surface area (Å²) in [5.41, 5.74) is 13.3. The van der Waals surface area contributed by atoms with Crippen molar-refractivity contribution in [2.24, 2.45) is 5.73 Å². The van der Waals surface area contributed by atoms with E-state index in [1.807, 2.05) is 6.07 Å². The Balaban J connectivity index is 2.12. The van der Waals surface area contributed by atoms with Gasteiger partial charge in [0, 0.05) is 17.8 Å². The fraction of sp³-hybridized carbons (Fsp3) is 0.417. The van der Waals surface area contributed by atoms with Gasteiger partial charge in [0.15, 0.2) is 0 Å². The molecule has 1 heterocycles. The molecule has 0 atom stereocenters. The highest BCUT2D eigenvalue weighted by atomic mass is 16.1. The lowest BCUT2D eigenvalue weighted by molar-refractivity contribution is 0.100. The number of carbonyl (C=O) groups is 1. The van der Waals surface area contributed by atoms with Gasteiger partial charge >= 0.3 is 0 Å². The number of hydrogen-bond donors (Lipinski definition) is 2. The Bertz CT molecular complexity index is 397. The van der Waals surface area contributed by atoms with Crippen LogP contribution in [0.15, 0.2) is 18.2 Å². The van der Waals surface area contributed by atoms with Crippen LogP contribution in [0.4, 0.5) is 5.69 Å². The molecule has 0 spiro atoms. The minimum absolute atomic E-state index is 0.431. The van der Waals surface area contributed by atoms with Crippen molar-refractivity contribution >= 4 is 11.6 Å². The third kappa shape index (κ3) is 2.33. The average molecular weight is 219 g/mol. The number of primary amides is 1. The van der Waals surface area contributed by atoms with Crippen molar-refractivity contribution in [3.8, 4) is 0 Å². The van der Waals surface area contributed by atoms with E-state index in [-0.39, 0.29) is 0 Å². The summed E-state index contributed by atoms with van der Waals surface area (Å²) >= 11 is 0. The van der Waals surface area contributed by atoms with Crippen molar-refractivity contribution in [3.63, 3.8) is 0 Å². The lowest BCUT2D eigenvalue weighted by atomic mass is 10.1. The zero-order valence-electron chi connectivity index (χ0n) is 9.28. The van der Waals surface area contributed by atoms with Gasteiger partial charge in [-0.2, -0.15) is 0 Å². The molecule has 1 saturated heterocycles. The van der Waals surface area contributed by atoms with E-state index in [1.165, 1.54) is 12.8 Å². The van der Waals surface area contributed by atoms with Crippen molar-refractivity contribution in [2.75, 3.05) is 18.8 Å². The van der Waals surface area contributed by atoms with E-state index in [2.05, 4.69) is 4.90 Å². The summed E-state index contributed by atoms with van der Waals surface area (Å²) in [4.78, 5) is 13.3. The summed E-state index contributed by atoms with van der Waals surface area (Å²) in [6, 6.07) is 5.30. The second-order valence-corrected chi connectivity index (χ2v) is 4.26. The van der Waals surface area contributed by atoms with Crippen LogP contribution < -0.4 is 11.5 Å². The minimum atomic E-state index is -0.431. The SMILES string of the molecule is NC(=O)c1ccc(CN2CCCC2)c(N)c1. The van der Waals surface area contributed by atoms with Crippen molar-refractivity contribution in [2.45, 2.75) is 19.4 Å². The third-order valence-electron chi connectivity index (χ3n) is 3.02. The highest BCUT2D eigenvalue weighted by Gasteiger charge is 2.13. The lowest BCUT2D eigenvalue weighted by Gasteiger charge is -2.16. The molecule has 1 fully saturated rings. The Labute approximate surface area is 95.2 Å². The first-order chi connectivity index (χ1) is 7.66. The number of nitrogens with zero attached hydrogens (tertiary/aromatic N) is 1. The summed E-state index contributed by atoms with van der Waals surface area (Å²) in [5, 5.41) is 0. The van der Waals surface area contributed by atoms with E-state index < -0.39 is 5.91 Å². The zero-order chi connectivity index (χ0) is 11.5. The molecule has 2 rings (SSSR count). The van der Waals surface area contributed by atoms with Crippen LogP contribution in [-0.4, -0.2) is 23.9 Å². The first kappa shape index (κ1) is 11.0. The Morgan fingerprint density at radius 1 is 1.31 bits per heavy atom. The average Bonchev–Trinajstić information content (AvgIpc) is 2.73. The number of rotatable bonds is 3. The maximum absolute atomic E-state index is 11.0. The number of likely N-dealkylation sites (tertiary alicyclic amines) is 1. The summed E-state index contributed by atoms with van der Waals surface area (Å²) in [6.07, 6.45) is 2.53. The summed E-state index contributed by atoms with van der Waals surface area (Å²) in [5.74, 6) is -0.431. The van der Waals surface area contributed by atoms with Gasteiger partial charge in [0.2, 0.25) is 5.91 Å². The second kappa shape index (κ2) is 4.53. The predicted molar refractivity (Wildman–Crippen MR) is 63.9 cm³/mol. The maximum Gasteiger partial charge on any atom is 0.248 e. The Hall–Kier alpha value is -1.55. The Morgan fingerprint density at radius 3 is 2.56 bits per heavy atom. The van der Waals surface area contributed by atoms with Crippen molar-refractivity contribution < 1.29 is 4.79 Å². The molecule has 1 aromatic carbocycles. The molecule has 1 amide bonds. The number of amides is 1. The molecule has 1 aromatic rings. The van der Waals surface area contributed by atoms with E-state index in [0.29, 0.717) is 11.3 Å². The molecule has 4 nitrogen and oxygen atoms in total. The lowest BCUT2D eigenvalue weighted by Crippen LogP contribution is -2.19. The molecular formula is C12H17N3O. The second-order valence-electron chi connectivity index (χ2n) is 4.26. The van der Waals surface area contributed by atoms with Gasteiger partial charge in [0.05, 0.1) is 0 Å². The monoisotopic (exact) mass is 219 g/mol. The summed E-state index contributed by atoms with van der Waals surface area (Å²) in [6.45, 7) is 3.14. The van der Waals surface area contributed by atoms with Crippen molar-refractivity contribution in [1.29, 1.82) is 0 Å². The fourth-order valence-corrected chi connectivity index (χ4v) is 2.07. The maximum atomic E-state index is 11.0. The van der Waals surface area contributed by atoms with Gasteiger partial charge < -0.3 is 11.5 Å². The first-order valence-corrected chi connectivity index (χ1v) is 5.57. The van der Waals surface area contributed by atoms with Crippen LogP contribution in [-0.2, 0) is 6.54 Å².